The largest absolute Gasteiger partial charge is 0.499 e. The van der Waals surface area contributed by atoms with E-state index in [4.69, 9.17) is 14.2 Å². The highest BCUT2D eigenvalue weighted by atomic mass is 79.9. The molecule has 140 valence electrons. The fraction of sp³-hybridized carbons (Fsp3) is 0.368. The number of methoxy groups -OCH3 is 3. The summed E-state index contributed by atoms with van der Waals surface area (Å²) in [6.45, 7) is 7.52. The first-order chi connectivity index (χ1) is 12.4. The van der Waals surface area contributed by atoms with Gasteiger partial charge in [0.05, 0.1) is 31.5 Å². The fourth-order valence-electron chi connectivity index (χ4n) is 2.81. The maximum atomic E-state index is 12.7. The van der Waals surface area contributed by atoms with Crippen molar-refractivity contribution < 1.29 is 19.0 Å². The molecule has 2 unspecified atom stereocenters. The molecule has 0 saturated heterocycles. The van der Waals surface area contributed by atoms with Gasteiger partial charge in [0.2, 0.25) is 0 Å². The van der Waals surface area contributed by atoms with E-state index in [1.807, 2.05) is 11.5 Å². The third kappa shape index (κ3) is 3.78. The van der Waals surface area contributed by atoms with Crippen LogP contribution in [-0.2, 0) is 14.2 Å². The molecule has 0 saturated carbocycles. The second kappa shape index (κ2) is 8.68. The lowest BCUT2D eigenvalue weighted by Crippen LogP contribution is -2.19. The van der Waals surface area contributed by atoms with Crippen LogP contribution in [-0.4, -0.2) is 32.1 Å². The van der Waals surface area contributed by atoms with Crippen LogP contribution in [0.2, 0.25) is 0 Å². The number of ketones is 1. The molecular formula is C19H22BrNO4S. The molecule has 0 aromatic carbocycles. The highest BCUT2D eigenvalue weighted by Gasteiger charge is 2.33. The van der Waals surface area contributed by atoms with E-state index in [1.54, 1.807) is 27.2 Å². The summed E-state index contributed by atoms with van der Waals surface area (Å²) in [7, 11) is 4.71. The van der Waals surface area contributed by atoms with Gasteiger partial charge < -0.3 is 14.2 Å². The molecule has 1 aromatic rings. The molecule has 0 radical (unpaired) electrons. The van der Waals surface area contributed by atoms with Gasteiger partial charge in [-0.15, -0.1) is 11.3 Å². The molecule has 1 heterocycles. The summed E-state index contributed by atoms with van der Waals surface area (Å²) in [5.41, 5.74) is 1.47. The molecule has 7 heteroatoms. The Bertz CT molecular complexity index is 806. The molecule has 5 nitrogen and oxygen atoms in total. The normalized spacial score (nSPS) is 20.9. The first-order valence-electron chi connectivity index (χ1n) is 7.96. The zero-order chi connectivity index (χ0) is 19.4. The molecule has 0 aliphatic heterocycles. The summed E-state index contributed by atoms with van der Waals surface area (Å²) >= 11 is 4.82. The molecule has 26 heavy (non-hydrogen) atoms. The second-order valence-corrected chi connectivity index (χ2v) is 7.41. The number of rotatable bonds is 7. The van der Waals surface area contributed by atoms with Crippen molar-refractivity contribution in [1.29, 1.82) is 0 Å². The minimum Gasteiger partial charge on any atom is -0.499 e. The number of carbonyl (C=O) groups is 1. The van der Waals surface area contributed by atoms with Crippen LogP contribution in [0.4, 0.5) is 0 Å². The van der Waals surface area contributed by atoms with Gasteiger partial charge in [0.25, 0.3) is 5.78 Å². The summed E-state index contributed by atoms with van der Waals surface area (Å²) in [5.74, 6) is 1.47. The van der Waals surface area contributed by atoms with Gasteiger partial charge in [-0.05, 0) is 34.5 Å². The Balaban J connectivity index is 2.40. The monoisotopic (exact) mass is 439 g/mol. The van der Waals surface area contributed by atoms with Crippen molar-refractivity contribution in [3.05, 3.63) is 62.1 Å². The van der Waals surface area contributed by atoms with Gasteiger partial charge in [-0.1, -0.05) is 19.6 Å². The number of allylic oxidation sites excluding steroid dienone is 6. The molecule has 1 aliphatic rings. The number of Topliss-reactive ketones (excluding diaryl/α,β-unsaturated/α-hetero) is 1. The maximum Gasteiger partial charge on any atom is 0.256 e. The Kier molecular flexibility index (Phi) is 6.83. The summed E-state index contributed by atoms with van der Waals surface area (Å²) in [4.78, 5) is 17.2. The van der Waals surface area contributed by atoms with E-state index in [1.165, 1.54) is 18.4 Å². The van der Waals surface area contributed by atoms with Gasteiger partial charge in [-0.25, -0.2) is 4.98 Å². The summed E-state index contributed by atoms with van der Waals surface area (Å²) in [6, 6.07) is 0. The number of hydrogen-bond acceptors (Lipinski definition) is 6. The number of nitrogens with zero attached hydrogens (tertiary/aromatic N) is 1. The minimum atomic E-state index is -0.246. The van der Waals surface area contributed by atoms with Gasteiger partial charge in [0, 0.05) is 17.2 Å². The van der Waals surface area contributed by atoms with Crippen molar-refractivity contribution in [2.45, 2.75) is 19.8 Å². The van der Waals surface area contributed by atoms with E-state index in [2.05, 4.69) is 34.4 Å². The summed E-state index contributed by atoms with van der Waals surface area (Å²) in [6.07, 6.45) is 3.58. The minimum absolute atomic E-state index is 0.0469. The average Bonchev–Trinajstić information content (AvgIpc) is 3.12. The van der Waals surface area contributed by atoms with Crippen molar-refractivity contribution in [2.24, 2.45) is 5.92 Å². The lowest BCUT2D eigenvalue weighted by Gasteiger charge is -2.28. The highest BCUT2D eigenvalue weighted by molar-refractivity contribution is 9.12. The van der Waals surface area contributed by atoms with Gasteiger partial charge in [-0.2, -0.15) is 0 Å². The first-order valence-corrected chi connectivity index (χ1v) is 9.64. The molecule has 0 spiro atoms. The van der Waals surface area contributed by atoms with E-state index in [0.717, 1.165) is 15.9 Å². The molecule has 2 rings (SSSR count). The van der Waals surface area contributed by atoms with Crippen LogP contribution in [0.3, 0.4) is 0 Å². The van der Waals surface area contributed by atoms with E-state index < -0.39 is 0 Å². The van der Waals surface area contributed by atoms with Crippen molar-refractivity contribution in [3.63, 3.8) is 0 Å². The number of halogens is 1. The Morgan fingerprint density at radius 1 is 1.35 bits per heavy atom. The van der Waals surface area contributed by atoms with Crippen LogP contribution in [0.15, 0.2) is 51.4 Å². The highest BCUT2D eigenvalue weighted by Crippen LogP contribution is 2.42. The number of aromatic nitrogens is 1. The lowest BCUT2D eigenvalue weighted by molar-refractivity contribution is 0.0950. The van der Waals surface area contributed by atoms with E-state index >= 15 is 0 Å². The third-order valence-electron chi connectivity index (χ3n) is 4.29. The summed E-state index contributed by atoms with van der Waals surface area (Å²) in [5, 5.41) is 2.27. The van der Waals surface area contributed by atoms with Crippen molar-refractivity contribution in [1.82, 2.24) is 4.98 Å². The number of ether oxygens (including phenoxy) is 3. The van der Waals surface area contributed by atoms with Crippen LogP contribution in [0.5, 0.6) is 0 Å². The molecule has 1 aromatic heterocycles. The third-order valence-corrected chi connectivity index (χ3v) is 5.93. The predicted molar refractivity (Wildman–Crippen MR) is 106 cm³/mol. The molecule has 0 N–H and O–H groups in total. The quantitative estimate of drug-likeness (QED) is 0.260. The molecule has 0 amide bonds. The standard InChI is InChI=1S/C19H22BrNO4S/c1-7-10(2)17(24-5)16(22)19-21-13(9-26-19)12-8-14(23-4)15(20)18(25-6)11(12)3/h7-9,11-12H,1H2,2-6H3/b17-10+. The second-order valence-electron chi connectivity index (χ2n) is 5.76. The van der Waals surface area contributed by atoms with E-state index in [0.29, 0.717) is 16.3 Å². The number of hydrogen-bond donors (Lipinski definition) is 0. The van der Waals surface area contributed by atoms with Crippen molar-refractivity contribution in [2.75, 3.05) is 21.3 Å². The van der Waals surface area contributed by atoms with Crippen LogP contribution < -0.4 is 0 Å². The van der Waals surface area contributed by atoms with Gasteiger partial charge >= 0.3 is 0 Å². The van der Waals surface area contributed by atoms with Gasteiger partial charge in [0.15, 0.2) is 10.8 Å². The van der Waals surface area contributed by atoms with Crippen molar-refractivity contribution >= 4 is 33.0 Å². The van der Waals surface area contributed by atoms with Crippen LogP contribution in [0, 0.1) is 5.92 Å². The van der Waals surface area contributed by atoms with Gasteiger partial charge in [0.1, 0.15) is 11.5 Å². The molecular weight excluding hydrogens is 418 g/mol. The van der Waals surface area contributed by atoms with Crippen molar-refractivity contribution in [3.8, 4) is 0 Å². The Hall–Kier alpha value is -1.86. The topological polar surface area (TPSA) is 57.7 Å². The van der Waals surface area contributed by atoms with Gasteiger partial charge in [-0.3, -0.25) is 4.79 Å². The number of carbonyl (C=O) groups excluding carboxylic acids is 1. The lowest BCUT2D eigenvalue weighted by atomic mass is 9.85. The fourth-order valence-corrected chi connectivity index (χ4v) is 4.42. The average molecular weight is 440 g/mol. The number of thiazole rings is 1. The van der Waals surface area contributed by atoms with E-state index in [-0.39, 0.29) is 23.4 Å². The summed E-state index contributed by atoms with van der Waals surface area (Å²) < 4.78 is 17.0. The Morgan fingerprint density at radius 2 is 2.04 bits per heavy atom. The van der Waals surface area contributed by atoms with Crippen LogP contribution in [0.25, 0.3) is 0 Å². The van der Waals surface area contributed by atoms with Crippen LogP contribution in [0.1, 0.15) is 35.3 Å². The zero-order valence-electron chi connectivity index (χ0n) is 15.5. The molecule has 0 fully saturated rings. The molecule has 2 atom stereocenters. The maximum absolute atomic E-state index is 12.7. The van der Waals surface area contributed by atoms with E-state index in [9.17, 15) is 4.79 Å². The van der Waals surface area contributed by atoms with Crippen LogP contribution >= 0.6 is 27.3 Å². The Morgan fingerprint density at radius 3 is 2.58 bits per heavy atom. The smallest absolute Gasteiger partial charge is 0.256 e. The zero-order valence-corrected chi connectivity index (χ0v) is 17.9. The SMILES string of the molecule is C=C/C(C)=C(/OC)C(=O)c1nc(C2C=C(OC)C(Br)=C(OC)C2C)cs1. The Labute approximate surface area is 166 Å². The molecule has 1 aliphatic carbocycles. The predicted octanol–water partition coefficient (Wildman–Crippen LogP) is 4.95. The molecule has 0 bridgehead atoms. The first kappa shape index (κ1) is 20.5.